The average molecular weight is 212 g/mol. The number of hydrogen-bond donors (Lipinski definition) is 0. The fourth-order valence-corrected chi connectivity index (χ4v) is 2.55. The molecule has 4 nitrogen and oxygen atoms in total. The highest BCUT2D eigenvalue weighted by molar-refractivity contribution is 5.16. The van der Waals surface area contributed by atoms with Crippen molar-refractivity contribution in [3.05, 3.63) is 0 Å². The van der Waals surface area contributed by atoms with Crippen LogP contribution in [0.1, 0.15) is 13.8 Å². The molecule has 0 aromatic heterocycles. The lowest BCUT2D eigenvalue weighted by molar-refractivity contribution is 0.107. The largest absolute Gasteiger partial charge is 0.198 e. The number of nitriles is 4. The van der Waals surface area contributed by atoms with E-state index in [9.17, 15) is 0 Å². The zero-order valence-corrected chi connectivity index (χ0v) is 9.25. The fraction of sp³-hybridized carbons (Fsp3) is 0.667. The molecule has 4 atom stereocenters. The van der Waals surface area contributed by atoms with E-state index in [1.165, 1.54) is 0 Å². The minimum absolute atomic E-state index is 0.222. The molecular formula is C12H12N4. The molecule has 1 aliphatic carbocycles. The Morgan fingerprint density at radius 1 is 0.562 bits per heavy atom. The molecule has 0 amide bonds. The first-order valence-corrected chi connectivity index (χ1v) is 5.20. The van der Waals surface area contributed by atoms with Gasteiger partial charge in [0.2, 0.25) is 0 Å². The first-order chi connectivity index (χ1) is 7.62. The molecule has 0 heterocycles. The second-order valence-corrected chi connectivity index (χ2v) is 4.34. The molecule has 0 aliphatic heterocycles. The molecular weight excluding hydrogens is 200 g/mol. The Hall–Kier alpha value is -2.04. The molecule has 1 aliphatic rings. The molecule has 0 bridgehead atoms. The zero-order valence-electron chi connectivity index (χ0n) is 9.25. The van der Waals surface area contributed by atoms with Crippen LogP contribution in [0.5, 0.6) is 0 Å². The molecule has 1 saturated carbocycles. The van der Waals surface area contributed by atoms with Gasteiger partial charge in [-0.1, -0.05) is 13.8 Å². The minimum Gasteiger partial charge on any atom is -0.198 e. The molecule has 4 unspecified atom stereocenters. The Bertz CT molecular complexity index is 346. The molecule has 4 heteroatoms. The third kappa shape index (κ3) is 1.60. The molecule has 1 rings (SSSR count). The highest BCUT2D eigenvalue weighted by atomic mass is 14.5. The van der Waals surface area contributed by atoms with Crippen molar-refractivity contribution in [3.8, 4) is 24.3 Å². The van der Waals surface area contributed by atoms with Gasteiger partial charge in [0.15, 0.2) is 0 Å². The highest BCUT2D eigenvalue weighted by Gasteiger charge is 2.47. The quantitative estimate of drug-likeness (QED) is 0.611. The van der Waals surface area contributed by atoms with E-state index in [0.29, 0.717) is 0 Å². The van der Waals surface area contributed by atoms with Gasteiger partial charge in [-0.3, -0.25) is 0 Å². The standard InChI is InChI=1S/C12H12N4/c1-7-9(3-13)11(5-15)8(2)12(6-16)10(7)4-14/h7-12H,1-2H3. The minimum atomic E-state index is -0.450. The van der Waals surface area contributed by atoms with Crippen molar-refractivity contribution in [2.24, 2.45) is 35.5 Å². The van der Waals surface area contributed by atoms with Crippen LogP contribution in [-0.4, -0.2) is 0 Å². The summed E-state index contributed by atoms with van der Waals surface area (Å²) < 4.78 is 0. The van der Waals surface area contributed by atoms with Crippen molar-refractivity contribution >= 4 is 0 Å². The lowest BCUT2D eigenvalue weighted by Crippen LogP contribution is -2.42. The predicted molar refractivity (Wildman–Crippen MR) is 54.7 cm³/mol. The summed E-state index contributed by atoms with van der Waals surface area (Å²) in [6.07, 6.45) is 0. The topological polar surface area (TPSA) is 95.2 Å². The van der Waals surface area contributed by atoms with E-state index in [4.69, 9.17) is 21.0 Å². The summed E-state index contributed by atoms with van der Waals surface area (Å²) in [6, 6.07) is 8.44. The molecule has 0 N–H and O–H groups in total. The van der Waals surface area contributed by atoms with Crippen LogP contribution < -0.4 is 0 Å². The molecule has 0 radical (unpaired) electrons. The molecule has 0 spiro atoms. The molecule has 0 aromatic carbocycles. The molecule has 0 aromatic rings. The second kappa shape index (κ2) is 4.65. The van der Waals surface area contributed by atoms with Crippen molar-refractivity contribution in [1.82, 2.24) is 0 Å². The Kier molecular flexibility index (Phi) is 3.50. The van der Waals surface area contributed by atoms with E-state index >= 15 is 0 Å². The summed E-state index contributed by atoms with van der Waals surface area (Å²) in [5.41, 5.74) is 0. The summed E-state index contributed by atoms with van der Waals surface area (Å²) in [7, 11) is 0. The second-order valence-electron chi connectivity index (χ2n) is 4.34. The van der Waals surface area contributed by atoms with Crippen molar-refractivity contribution < 1.29 is 0 Å². The van der Waals surface area contributed by atoms with Gasteiger partial charge in [0, 0.05) is 0 Å². The van der Waals surface area contributed by atoms with Crippen LogP contribution >= 0.6 is 0 Å². The van der Waals surface area contributed by atoms with Crippen LogP contribution in [-0.2, 0) is 0 Å². The van der Waals surface area contributed by atoms with E-state index in [1.54, 1.807) is 13.8 Å². The predicted octanol–water partition coefficient (Wildman–Crippen LogP) is 1.83. The van der Waals surface area contributed by atoms with Gasteiger partial charge in [0.1, 0.15) is 0 Å². The maximum Gasteiger partial charge on any atom is 0.0673 e. The van der Waals surface area contributed by atoms with Gasteiger partial charge in [0.25, 0.3) is 0 Å². The smallest absolute Gasteiger partial charge is 0.0673 e. The Balaban J connectivity index is 3.17. The van der Waals surface area contributed by atoms with Crippen molar-refractivity contribution in [2.75, 3.05) is 0 Å². The fourth-order valence-electron chi connectivity index (χ4n) is 2.55. The van der Waals surface area contributed by atoms with Crippen molar-refractivity contribution in [3.63, 3.8) is 0 Å². The maximum absolute atomic E-state index is 9.06. The van der Waals surface area contributed by atoms with E-state index < -0.39 is 23.7 Å². The molecule has 16 heavy (non-hydrogen) atoms. The van der Waals surface area contributed by atoms with Crippen molar-refractivity contribution in [2.45, 2.75) is 13.8 Å². The van der Waals surface area contributed by atoms with Crippen LogP contribution in [0, 0.1) is 80.8 Å². The van der Waals surface area contributed by atoms with Gasteiger partial charge < -0.3 is 0 Å². The lowest BCUT2D eigenvalue weighted by atomic mass is 9.59. The van der Waals surface area contributed by atoms with E-state index in [-0.39, 0.29) is 11.8 Å². The molecule has 80 valence electrons. The van der Waals surface area contributed by atoms with Crippen LogP contribution in [0.3, 0.4) is 0 Å². The van der Waals surface area contributed by atoms with Gasteiger partial charge in [-0.05, 0) is 11.8 Å². The third-order valence-corrected chi connectivity index (χ3v) is 3.64. The van der Waals surface area contributed by atoms with Crippen molar-refractivity contribution in [1.29, 1.82) is 21.0 Å². The normalized spacial score (nSPS) is 42.1. The molecule has 0 saturated heterocycles. The summed E-state index contributed by atoms with van der Waals surface area (Å²) in [6.45, 7) is 3.56. The monoisotopic (exact) mass is 212 g/mol. The first kappa shape index (κ1) is 12.0. The van der Waals surface area contributed by atoms with Crippen LogP contribution in [0.2, 0.25) is 0 Å². The van der Waals surface area contributed by atoms with Crippen LogP contribution in [0.4, 0.5) is 0 Å². The Morgan fingerprint density at radius 3 is 0.875 bits per heavy atom. The average Bonchev–Trinajstić information content (AvgIpc) is 2.30. The summed E-state index contributed by atoms with van der Waals surface area (Å²) in [5, 5.41) is 36.2. The zero-order chi connectivity index (χ0) is 12.3. The Morgan fingerprint density at radius 2 is 0.750 bits per heavy atom. The summed E-state index contributed by atoms with van der Waals surface area (Å²) in [4.78, 5) is 0. The van der Waals surface area contributed by atoms with Gasteiger partial charge >= 0.3 is 0 Å². The SMILES string of the molecule is CC1C(C#N)C(C#N)C(C)C(C#N)C1C#N. The number of rotatable bonds is 0. The van der Waals surface area contributed by atoms with Gasteiger partial charge in [-0.15, -0.1) is 0 Å². The summed E-state index contributed by atoms with van der Waals surface area (Å²) in [5.74, 6) is -2.24. The van der Waals surface area contributed by atoms with Gasteiger partial charge in [0.05, 0.1) is 47.9 Å². The highest BCUT2D eigenvalue weighted by Crippen LogP contribution is 2.44. The Labute approximate surface area is 95.3 Å². The summed E-state index contributed by atoms with van der Waals surface area (Å²) >= 11 is 0. The number of nitrogens with zero attached hydrogens (tertiary/aromatic N) is 4. The van der Waals surface area contributed by atoms with Gasteiger partial charge in [-0.2, -0.15) is 21.0 Å². The molecule has 1 fully saturated rings. The van der Waals surface area contributed by atoms with E-state index in [1.807, 2.05) is 0 Å². The van der Waals surface area contributed by atoms with Crippen LogP contribution in [0.25, 0.3) is 0 Å². The maximum atomic E-state index is 9.06. The lowest BCUT2D eigenvalue weighted by Gasteiger charge is -2.39. The first-order valence-electron chi connectivity index (χ1n) is 5.20. The number of hydrogen-bond acceptors (Lipinski definition) is 4. The van der Waals surface area contributed by atoms with Crippen LogP contribution in [0.15, 0.2) is 0 Å². The third-order valence-electron chi connectivity index (χ3n) is 3.64. The van der Waals surface area contributed by atoms with Gasteiger partial charge in [-0.25, -0.2) is 0 Å². The van der Waals surface area contributed by atoms with E-state index in [2.05, 4.69) is 24.3 Å². The van der Waals surface area contributed by atoms with E-state index in [0.717, 1.165) is 0 Å².